The van der Waals surface area contributed by atoms with Crippen LogP contribution in [-0.4, -0.2) is 5.78 Å². The van der Waals surface area contributed by atoms with Gasteiger partial charge in [0.2, 0.25) is 0 Å². The Labute approximate surface area is 67.8 Å². The Bertz CT molecular complexity index is 217. The smallest absolute Gasteiger partial charge is 0.181 e. The van der Waals surface area contributed by atoms with E-state index in [2.05, 4.69) is 6.08 Å². The highest BCUT2D eigenvalue weighted by atomic mass is 16.1. The standard InChI is InChI=1S/C10H14O/c1-8(2)7-10(11)9-5-3-4-6-9/h5,7H,3-4,6H2,1-2H3. The van der Waals surface area contributed by atoms with E-state index in [9.17, 15) is 4.79 Å². The number of hydrogen-bond donors (Lipinski definition) is 0. The van der Waals surface area contributed by atoms with E-state index in [0.29, 0.717) is 0 Å². The van der Waals surface area contributed by atoms with Crippen molar-refractivity contribution in [3.63, 3.8) is 0 Å². The summed E-state index contributed by atoms with van der Waals surface area (Å²) in [5.41, 5.74) is 2.09. The fourth-order valence-electron chi connectivity index (χ4n) is 1.25. The van der Waals surface area contributed by atoms with Crippen LogP contribution in [0.25, 0.3) is 0 Å². The van der Waals surface area contributed by atoms with E-state index in [1.54, 1.807) is 6.08 Å². The van der Waals surface area contributed by atoms with Gasteiger partial charge in [-0.25, -0.2) is 0 Å². The van der Waals surface area contributed by atoms with Gasteiger partial charge in [-0.15, -0.1) is 0 Å². The lowest BCUT2D eigenvalue weighted by Gasteiger charge is -1.94. The lowest BCUT2D eigenvalue weighted by atomic mass is 10.1. The summed E-state index contributed by atoms with van der Waals surface area (Å²) in [4.78, 5) is 11.3. The van der Waals surface area contributed by atoms with E-state index in [1.165, 1.54) is 0 Å². The van der Waals surface area contributed by atoms with Crippen molar-refractivity contribution in [3.05, 3.63) is 23.3 Å². The highest BCUT2D eigenvalue weighted by molar-refractivity contribution is 6.04. The third kappa shape index (κ3) is 2.34. The fourth-order valence-corrected chi connectivity index (χ4v) is 1.25. The summed E-state index contributed by atoms with van der Waals surface area (Å²) in [6.45, 7) is 3.90. The largest absolute Gasteiger partial charge is 0.290 e. The Hall–Kier alpha value is -0.850. The molecule has 11 heavy (non-hydrogen) atoms. The normalized spacial score (nSPS) is 16.0. The van der Waals surface area contributed by atoms with Crippen molar-refractivity contribution < 1.29 is 4.79 Å². The summed E-state index contributed by atoms with van der Waals surface area (Å²) in [7, 11) is 0. The zero-order valence-corrected chi connectivity index (χ0v) is 7.18. The Balaban J connectivity index is 2.61. The zero-order valence-electron chi connectivity index (χ0n) is 7.18. The molecule has 0 bridgehead atoms. The van der Waals surface area contributed by atoms with Crippen LogP contribution in [0, 0.1) is 0 Å². The first-order valence-corrected chi connectivity index (χ1v) is 4.08. The molecule has 0 spiro atoms. The molecule has 0 aromatic carbocycles. The second kappa shape index (κ2) is 3.51. The monoisotopic (exact) mass is 150 g/mol. The Morgan fingerprint density at radius 1 is 1.55 bits per heavy atom. The van der Waals surface area contributed by atoms with Crippen molar-refractivity contribution in [1.29, 1.82) is 0 Å². The van der Waals surface area contributed by atoms with Crippen LogP contribution >= 0.6 is 0 Å². The predicted molar refractivity (Wildman–Crippen MR) is 46.4 cm³/mol. The first-order valence-electron chi connectivity index (χ1n) is 4.08. The SMILES string of the molecule is CC(C)=CC(=O)C1=CCCC1. The molecule has 0 saturated carbocycles. The first-order chi connectivity index (χ1) is 5.20. The van der Waals surface area contributed by atoms with Crippen LogP contribution in [0.4, 0.5) is 0 Å². The zero-order chi connectivity index (χ0) is 8.27. The Morgan fingerprint density at radius 2 is 2.27 bits per heavy atom. The van der Waals surface area contributed by atoms with Gasteiger partial charge in [-0.1, -0.05) is 11.6 Å². The van der Waals surface area contributed by atoms with Crippen molar-refractivity contribution in [2.24, 2.45) is 0 Å². The van der Waals surface area contributed by atoms with Crippen molar-refractivity contribution in [2.45, 2.75) is 33.1 Å². The van der Waals surface area contributed by atoms with E-state index < -0.39 is 0 Å². The van der Waals surface area contributed by atoms with Crippen molar-refractivity contribution in [2.75, 3.05) is 0 Å². The van der Waals surface area contributed by atoms with Gasteiger partial charge >= 0.3 is 0 Å². The highest BCUT2D eigenvalue weighted by Crippen LogP contribution is 2.18. The van der Waals surface area contributed by atoms with Crippen LogP contribution in [0.15, 0.2) is 23.3 Å². The summed E-state index contributed by atoms with van der Waals surface area (Å²) >= 11 is 0. The summed E-state index contributed by atoms with van der Waals surface area (Å²) in [6, 6.07) is 0. The average molecular weight is 150 g/mol. The number of ketones is 1. The van der Waals surface area contributed by atoms with Crippen molar-refractivity contribution in [1.82, 2.24) is 0 Å². The highest BCUT2D eigenvalue weighted by Gasteiger charge is 2.09. The third-order valence-corrected chi connectivity index (χ3v) is 1.78. The van der Waals surface area contributed by atoms with E-state index in [0.717, 1.165) is 30.4 Å². The molecule has 0 atom stereocenters. The second-order valence-corrected chi connectivity index (χ2v) is 3.21. The molecule has 0 unspecified atom stereocenters. The molecule has 0 aliphatic heterocycles. The topological polar surface area (TPSA) is 17.1 Å². The molecule has 1 nitrogen and oxygen atoms in total. The van der Waals surface area contributed by atoms with E-state index >= 15 is 0 Å². The van der Waals surface area contributed by atoms with Crippen LogP contribution in [0.5, 0.6) is 0 Å². The van der Waals surface area contributed by atoms with Gasteiger partial charge < -0.3 is 0 Å². The molecule has 1 rings (SSSR count). The lowest BCUT2D eigenvalue weighted by Crippen LogP contribution is -1.95. The van der Waals surface area contributed by atoms with Crippen LogP contribution in [0.2, 0.25) is 0 Å². The first kappa shape index (κ1) is 8.25. The quantitative estimate of drug-likeness (QED) is 0.553. The van der Waals surface area contributed by atoms with Gasteiger partial charge in [-0.05, 0) is 44.8 Å². The summed E-state index contributed by atoms with van der Waals surface area (Å²) in [5, 5.41) is 0. The molecule has 0 aromatic rings. The van der Waals surface area contributed by atoms with Gasteiger partial charge in [0.15, 0.2) is 5.78 Å². The summed E-state index contributed by atoms with van der Waals surface area (Å²) < 4.78 is 0. The third-order valence-electron chi connectivity index (χ3n) is 1.78. The van der Waals surface area contributed by atoms with Crippen LogP contribution in [-0.2, 0) is 4.79 Å². The molecule has 0 saturated heterocycles. The average Bonchev–Trinajstić information content (AvgIpc) is 2.35. The molecule has 0 radical (unpaired) electrons. The summed E-state index contributed by atoms with van der Waals surface area (Å²) in [5.74, 6) is 0.211. The molecule has 60 valence electrons. The molecule has 0 aromatic heterocycles. The number of carbonyl (C=O) groups excluding carboxylic acids is 1. The molecular weight excluding hydrogens is 136 g/mol. The number of rotatable bonds is 2. The molecular formula is C10H14O. The van der Waals surface area contributed by atoms with Gasteiger partial charge in [-0.2, -0.15) is 0 Å². The lowest BCUT2D eigenvalue weighted by molar-refractivity contribution is -0.111. The van der Waals surface area contributed by atoms with Gasteiger partial charge in [0.05, 0.1) is 0 Å². The van der Waals surface area contributed by atoms with Crippen molar-refractivity contribution >= 4 is 5.78 Å². The Kier molecular flexibility index (Phi) is 2.64. The second-order valence-electron chi connectivity index (χ2n) is 3.21. The summed E-state index contributed by atoms with van der Waals surface area (Å²) in [6.07, 6.45) is 6.98. The van der Waals surface area contributed by atoms with Crippen LogP contribution in [0.1, 0.15) is 33.1 Å². The van der Waals surface area contributed by atoms with E-state index in [1.807, 2.05) is 13.8 Å². The minimum absolute atomic E-state index is 0.211. The maximum absolute atomic E-state index is 11.3. The number of allylic oxidation sites excluding steroid dienone is 4. The van der Waals surface area contributed by atoms with Gasteiger partial charge in [0.25, 0.3) is 0 Å². The Morgan fingerprint density at radius 3 is 2.73 bits per heavy atom. The molecule has 0 N–H and O–H groups in total. The molecule has 0 heterocycles. The molecule has 1 aliphatic carbocycles. The van der Waals surface area contributed by atoms with Gasteiger partial charge in [0, 0.05) is 0 Å². The van der Waals surface area contributed by atoms with Crippen LogP contribution in [0.3, 0.4) is 0 Å². The maximum Gasteiger partial charge on any atom is 0.181 e. The number of carbonyl (C=O) groups is 1. The van der Waals surface area contributed by atoms with Gasteiger partial charge in [-0.3, -0.25) is 4.79 Å². The van der Waals surface area contributed by atoms with Gasteiger partial charge in [0.1, 0.15) is 0 Å². The fraction of sp³-hybridized carbons (Fsp3) is 0.500. The molecule has 0 amide bonds. The van der Waals surface area contributed by atoms with Crippen LogP contribution < -0.4 is 0 Å². The minimum Gasteiger partial charge on any atom is -0.290 e. The number of hydrogen-bond acceptors (Lipinski definition) is 1. The maximum atomic E-state index is 11.3. The minimum atomic E-state index is 0.211. The van der Waals surface area contributed by atoms with E-state index in [-0.39, 0.29) is 5.78 Å². The predicted octanol–water partition coefficient (Wildman–Crippen LogP) is 2.63. The van der Waals surface area contributed by atoms with E-state index in [4.69, 9.17) is 0 Å². The molecule has 1 heteroatoms. The molecule has 1 aliphatic rings. The van der Waals surface area contributed by atoms with Crippen molar-refractivity contribution in [3.8, 4) is 0 Å². The molecule has 0 fully saturated rings.